The Morgan fingerprint density at radius 1 is 0.792 bits per heavy atom. The van der Waals surface area contributed by atoms with Gasteiger partial charge in [0.25, 0.3) is 11.4 Å². The molecule has 4 N–H and O–H groups in total. The molecule has 0 aliphatic heterocycles. The van der Waals surface area contributed by atoms with Crippen LogP contribution in [0.3, 0.4) is 0 Å². The molecule has 2 aromatic carbocycles. The quantitative estimate of drug-likeness (QED) is 0.459. The molecule has 0 saturated heterocycles. The van der Waals surface area contributed by atoms with Crippen molar-refractivity contribution in [1.82, 2.24) is 0 Å². The van der Waals surface area contributed by atoms with Crippen LogP contribution in [-0.2, 0) is 0 Å². The van der Waals surface area contributed by atoms with E-state index in [-0.39, 0.29) is 21.4 Å². The lowest BCUT2D eigenvalue weighted by Gasteiger charge is -1.98. The molecule has 0 atom stereocenters. The van der Waals surface area contributed by atoms with E-state index in [0.29, 0.717) is 0 Å². The number of nitrogen functional groups attached to an aromatic ring is 2. The number of benzene rings is 2. The summed E-state index contributed by atoms with van der Waals surface area (Å²) in [6.07, 6.45) is 0. The second-order valence-electron chi connectivity index (χ2n) is 4.16. The molecule has 0 radical (unpaired) electrons. The fraction of sp³-hybridized carbons (Fsp3) is 0. The van der Waals surface area contributed by atoms with E-state index in [2.05, 4.69) is 0 Å². The zero-order valence-corrected chi connectivity index (χ0v) is 13.0. The van der Waals surface area contributed by atoms with E-state index in [0.717, 1.165) is 24.3 Å². The lowest BCUT2D eigenvalue weighted by atomic mass is 10.2. The van der Waals surface area contributed by atoms with Gasteiger partial charge in [0.05, 0.1) is 32.0 Å². The molecular formula is C12H8Cl2F2N4O4. The number of nitrogens with zero attached hydrogens (tertiary/aromatic N) is 2. The Bertz CT molecular complexity index is 753. The van der Waals surface area contributed by atoms with Gasteiger partial charge in [0.1, 0.15) is 23.0 Å². The molecule has 0 amide bonds. The van der Waals surface area contributed by atoms with Gasteiger partial charge in [-0.1, -0.05) is 23.2 Å². The van der Waals surface area contributed by atoms with Gasteiger partial charge in [-0.2, -0.15) is 0 Å². The number of nitro benzene ring substituents is 2. The third-order valence-corrected chi connectivity index (χ3v) is 3.16. The summed E-state index contributed by atoms with van der Waals surface area (Å²) in [6, 6.07) is 3.29. The van der Waals surface area contributed by atoms with E-state index in [4.69, 9.17) is 34.7 Å². The Morgan fingerprint density at radius 3 is 1.33 bits per heavy atom. The molecule has 2 aromatic rings. The van der Waals surface area contributed by atoms with E-state index in [1.165, 1.54) is 0 Å². The van der Waals surface area contributed by atoms with Crippen LogP contribution in [0.15, 0.2) is 24.3 Å². The van der Waals surface area contributed by atoms with Crippen molar-refractivity contribution in [2.75, 3.05) is 11.5 Å². The molecule has 12 heteroatoms. The molecule has 24 heavy (non-hydrogen) atoms. The molecule has 2 rings (SSSR count). The van der Waals surface area contributed by atoms with Crippen molar-refractivity contribution in [1.29, 1.82) is 0 Å². The highest BCUT2D eigenvalue weighted by Gasteiger charge is 2.16. The Labute approximate surface area is 142 Å². The summed E-state index contributed by atoms with van der Waals surface area (Å²) in [7, 11) is 0. The van der Waals surface area contributed by atoms with Crippen molar-refractivity contribution in [3.8, 4) is 0 Å². The average Bonchev–Trinajstić information content (AvgIpc) is 2.46. The van der Waals surface area contributed by atoms with Crippen LogP contribution in [0, 0.1) is 31.9 Å². The highest BCUT2D eigenvalue weighted by atomic mass is 35.5. The summed E-state index contributed by atoms with van der Waals surface area (Å²) in [5.74, 6) is -1.55. The maximum absolute atomic E-state index is 12.5. The van der Waals surface area contributed by atoms with Crippen molar-refractivity contribution < 1.29 is 18.6 Å². The van der Waals surface area contributed by atoms with Gasteiger partial charge in [-0.05, 0) is 12.1 Å². The first-order chi connectivity index (χ1) is 11.0. The predicted molar refractivity (Wildman–Crippen MR) is 85.0 cm³/mol. The summed E-state index contributed by atoms with van der Waals surface area (Å²) in [4.78, 5) is 18.9. The predicted octanol–water partition coefficient (Wildman–Crippen LogP) is 3.94. The normalized spacial score (nSPS) is 9.83. The highest BCUT2D eigenvalue weighted by molar-refractivity contribution is 6.33. The van der Waals surface area contributed by atoms with Crippen LogP contribution in [0.1, 0.15) is 0 Å². The van der Waals surface area contributed by atoms with Crippen LogP contribution in [0.2, 0.25) is 10.0 Å². The Balaban J connectivity index is 0.000000240. The number of nitrogens with two attached hydrogens (primary N) is 2. The summed E-state index contributed by atoms with van der Waals surface area (Å²) in [5.41, 5.74) is 8.96. The molecule has 0 unspecified atom stereocenters. The molecule has 8 nitrogen and oxygen atoms in total. The van der Waals surface area contributed by atoms with Gasteiger partial charge in [0.15, 0.2) is 0 Å². The summed E-state index contributed by atoms with van der Waals surface area (Å²) in [5, 5.41) is 20.2. The second-order valence-corrected chi connectivity index (χ2v) is 4.97. The number of halogens is 4. The summed E-state index contributed by atoms with van der Waals surface area (Å²) in [6.45, 7) is 0. The average molecular weight is 381 g/mol. The van der Waals surface area contributed by atoms with Crippen molar-refractivity contribution >= 4 is 46.0 Å². The topological polar surface area (TPSA) is 138 Å². The zero-order valence-electron chi connectivity index (χ0n) is 11.5. The lowest BCUT2D eigenvalue weighted by Crippen LogP contribution is -1.97. The van der Waals surface area contributed by atoms with Gasteiger partial charge in [0, 0.05) is 0 Å². The van der Waals surface area contributed by atoms with Gasteiger partial charge in [-0.15, -0.1) is 0 Å². The number of hydrogen-bond acceptors (Lipinski definition) is 6. The molecule has 128 valence electrons. The first kappa shape index (κ1) is 19.3. The number of rotatable bonds is 2. The first-order valence-corrected chi connectivity index (χ1v) is 6.58. The fourth-order valence-electron chi connectivity index (χ4n) is 1.44. The van der Waals surface area contributed by atoms with E-state index in [1.807, 2.05) is 0 Å². The minimum absolute atomic E-state index is 0.151. The first-order valence-electron chi connectivity index (χ1n) is 5.82. The molecular weight excluding hydrogens is 373 g/mol. The Hall–Kier alpha value is -2.72. The Kier molecular flexibility index (Phi) is 6.20. The molecule has 0 aliphatic rings. The highest BCUT2D eigenvalue weighted by Crippen LogP contribution is 2.30. The van der Waals surface area contributed by atoms with Gasteiger partial charge < -0.3 is 11.5 Å². The van der Waals surface area contributed by atoms with Gasteiger partial charge in [-0.3, -0.25) is 20.2 Å². The van der Waals surface area contributed by atoms with Crippen LogP contribution < -0.4 is 11.5 Å². The van der Waals surface area contributed by atoms with E-state index >= 15 is 0 Å². The lowest BCUT2D eigenvalue weighted by molar-refractivity contribution is -0.384. The smallest absolute Gasteiger partial charge is 0.296 e. The molecule has 0 heterocycles. The molecule has 0 aromatic heterocycles. The van der Waals surface area contributed by atoms with Crippen LogP contribution in [0.5, 0.6) is 0 Å². The van der Waals surface area contributed by atoms with E-state index in [9.17, 15) is 29.0 Å². The van der Waals surface area contributed by atoms with Gasteiger partial charge >= 0.3 is 0 Å². The second kappa shape index (κ2) is 7.70. The van der Waals surface area contributed by atoms with Crippen molar-refractivity contribution in [3.05, 3.63) is 66.2 Å². The zero-order chi connectivity index (χ0) is 18.6. The van der Waals surface area contributed by atoms with E-state index < -0.39 is 32.9 Å². The van der Waals surface area contributed by atoms with Crippen LogP contribution in [0.25, 0.3) is 0 Å². The monoisotopic (exact) mass is 380 g/mol. The largest absolute Gasteiger partial charge is 0.392 e. The van der Waals surface area contributed by atoms with Crippen LogP contribution in [0.4, 0.5) is 31.5 Å². The van der Waals surface area contributed by atoms with Crippen LogP contribution in [-0.4, -0.2) is 9.85 Å². The van der Waals surface area contributed by atoms with Gasteiger partial charge in [0.2, 0.25) is 0 Å². The van der Waals surface area contributed by atoms with Gasteiger partial charge in [-0.25, -0.2) is 8.78 Å². The molecule has 0 aliphatic carbocycles. The third-order valence-electron chi connectivity index (χ3n) is 2.54. The third kappa shape index (κ3) is 4.64. The molecule has 0 saturated carbocycles. The van der Waals surface area contributed by atoms with Crippen LogP contribution >= 0.6 is 23.2 Å². The summed E-state index contributed by atoms with van der Waals surface area (Å²) >= 11 is 10.8. The Morgan fingerprint density at radius 2 is 1.08 bits per heavy atom. The summed E-state index contributed by atoms with van der Waals surface area (Å²) < 4.78 is 25.0. The molecule has 0 bridgehead atoms. The maximum atomic E-state index is 12.5. The number of anilines is 2. The number of nitro groups is 2. The fourth-order valence-corrected chi connectivity index (χ4v) is 1.85. The SMILES string of the molecule is Nc1c(Cl)cc(F)cc1[N+](=O)[O-].Nc1c(Cl)cc(F)cc1[N+](=O)[O-]. The van der Waals surface area contributed by atoms with Crippen molar-refractivity contribution in [2.24, 2.45) is 0 Å². The maximum Gasteiger partial charge on any atom is 0.296 e. The number of hydrogen-bond donors (Lipinski definition) is 2. The minimum atomic E-state index is -0.787. The molecule has 0 spiro atoms. The molecule has 0 fully saturated rings. The van der Waals surface area contributed by atoms with Crippen molar-refractivity contribution in [3.63, 3.8) is 0 Å². The van der Waals surface area contributed by atoms with E-state index in [1.54, 1.807) is 0 Å². The minimum Gasteiger partial charge on any atom is -0.392 e. The van der Waals surface area contributed by atoms with Crippen molar-refractivity contribution in [2.45, 2.75) is 0 Å². The standard InChI is InChI=1S/2C6H4ClFN2O2/c2*7-4-1-3(8)2-5(6(4)9)10(11)12/h2*1-2H,9H2.